The number of carbonyl (C=O) groups excluding carboxylic acids is 8. The van der Waals surface area contributed by atoms with Gasteiger partial charge in [-0.1, -0.05) is 17.7 Å². The zero-order valence-corrected chi connectivity index (χ0v) is 40.8. The third-order valence-electron chi connectivity index (χ3n) is 15.5. The molecule has 0 spiro atoms. The van der Waals surface area contributed by atoms with Crippen molar-refractivity contribution in [3.05, 3.63) is 88.5 Å². The van der Waals surface area contributed by atoms with Gasteiger partial charge in [0.25, 0.3) is 33.7 Å². The van der Waals surface area contributed by atoms with E-state index in [1.807, 2.05) is 19.1 Å². The van der Waals surface area contributed by atoms with Crippen molar-refractivity contribution in [1.82, 2.24) is 30.2 Å². The lowest BCUT2D eigenvalue weighted by Crippen LogP contribution is -2.56. The summed E-state index contributed by atoms with van der Waals surface area (Å²) in [7, 11) is -3.76. The first-order valence-electron chi connectivity index (χ1n) is 24.8. The van der Waals surface area contributed by atoms with E-state index in [9.17, 15) is 51.9 Å². The number of likely N-dealkylation sites (tertiary alicyclic amines) is 2. The lowest BCUT2D eigenvalue weighted by atomic mass is 9.93. The van der Waals surface area contributed by atoms with E-state index in [2.05, 4.69) is 30.2 Å². The van der Waals surface area contributed by atoms with E-state index in [1.54, 1.807) is 48.5 Å². The Kier molecular flexibility index (Phi) is 13.6. The fourth-order valence-electron chi connectivity index (χ4n) is 11.3. The molecule has 6 fully saturated rings. The van der Waals surface area contributed by atoms with Gasteiger partial charge in [-0.2, -0.15) is 8.42 Å². The van der Waals surface area contributed by atoms with Crippen molar-refractivity contribution in [2.75, 3.05) is 75.4 Å². The van der Waals surface area contributed by atoms with Gasteiger partial charge in [0, 0.05) is 107 Å². The second-order valence-electron chi connectivity index (χ2n) is 20.2. The molecule has 0 saturated carbocycles. The Morgan fingerprint density at radius 3 is 1.39 bits per heavy atom. The number of hydrogen-bond acceptors (Lipinski definition) is 16. The molecule has 0 bridgehead atoms. The number of aryl methyl sites for hydroxylation is 1. The van der Waals surface area contributed by atoms with Crippen molar-refractivity contribution in [2.45, 2.75) is 87.4 Å². The molecule has 380 valence electrons. The monoisotopic (exact) mass is 1010 g/mol. The third kappa shape index (κ3) is 9.55. The number of benzene rings is 3. The van der Waals surface area contributed by atoms with E-state index in [0.29, 0.717) is 29.1 Å². The van der Waals surface area contributed by atoms with E-state index in [-0.39, 0.29) is 66.7 Å². The highest BCUT2D eigenvalue weighted by molar-refractivity contribution is 7.86. The minimum absolute atomic E-state index is 0.0846. The Hall–Kier alpha value is -6.39. The van der Waals surface area contributed by atoms with Gasteiger partial charge in [-0.25, -0.2) is 0 Å². The van der Waals surface area contributed by atoms with Gasteiger partial charge in [0.15, 0.2) is 0 Å². The Morgan fingerprint density at radius 2 is 0.972 bits per heavy atom. The summed E-state index contributed by atoms with van der Waals surface area (Å²) in [6.45, 7) is 9.13. The van der Waals surface area contributed by atoms with Crippen LogP contribution in [0.1, 0.15) is 98.4 Å². The van der Waals surface area contributed by atoms with Gasteiger partial charge in [-0.3, -0.25) is 72.8 Å². The fraction of sp³-hybridized carbons (Fsp3) is 0.490. The fourth-order valence-corrected chi connectivity index (χ4v) is 12.3. The highest BCUT2D eigenvalue weighted by atomic mass is 32.2. The predicted molar refractivity (Wildman–Crippen MR) is 258 cm³/mol. The first-order valence-corrected chi connectivity index (χ1v) is 26.2. The molecule has 21 heteroatoms. The number of nitrogens with one attached hydrogen (secondary N) is 2. The van der Waals surface area contributed by atoms with Crippen molar-refractivity contribution in [3.63, 3.8) is 0 Å². The number of carbonyl (C=O) groups is 8. The van der Waals surface area contributed by atoms with Crippen molar-refractivity contribution >= 4 is 68.8 Å². The molecule has 8 aliphatic heterocycles. The molecule has 72 heavy (non-hydrogen) atoms. The van der Waals surface area contributed by atoms with Gasteiger partial charge in [0.2, 0.25) is 23.6 Å². The Labute approximate surface area is 416 Å². The molecule has 3 aromatic carbocycles. The summed E-state index contributed by atoms with van der Waals surface area (Å²) < 4.78 is 30.2. The minimum Gasteiger partial charge on any atom is -0.396 e. The molecular formula is C51H58N8O12S. The highest BCUT2D eigenvalue weighted by Gasteiger charge is 2.47. The topological polar surface area (TPSA) is 244 Å². The summed E-state index contributed by atoms with van der Waals surface area (Å²) in [6, 6.07) is 16.1. The zero-order chi connectivity index (χ0) is 50.6. The molecule has 3 aromatic rings. The van der Waals surface area contributed by atoms with Crippen LogP contribution in [0.15, 0.2) is 65.6 Å². The first-order chi connectivity index (χ1) is 34.6. The molecule has 2 atom stereocenters. The maximum atomic E-state index is 13.2. The number of hydrogen-bond donors (Lipinski definition) is 3. The number of fused-ring (bicyclic) bond motifs is 2. The molecule has 0 radical (unpaired) electrons. The second-order valence-corrected chi connectivity index (χ2v) is 21.8. The van der Waals surface area contributed by atoms with Crippen LogP contribution in [0.3, 0.4) is 0 Å². The first kappa shape index (κ1) is 49.2. The summed E-state index contributed by atoms with van der Waals surface area (Å²) in [5, 5.41) is 13.6. The molecule has 6 saturated heterocycles. The number of nitrogens with zero attached hydrogens (tertiary/aromatic N) is 6. The molecule has 20 nitrogen and oxygen atoms in total. The number of amides is 8. The van der Waals surface area contributed by atoms with Crippen LogP contribution in [0.2, 0.25) is 0 Å². The molecule has 0 aliphatic carbocycles. The Morgan fingerprint density at radius 1 is 0.556 bits per heavy atom. The van der Waals surface area contributed by atoms with Crippen LogP contribution in [0, 0.1) is 18.8 Å². The molecule has 3 N–H and O–H groups in total. The molecular weight excluding hydrogens is 949 g/mol. The van der Waals surface area contributed by atoms with Crippen molar-refractivity contribution in [2.24, 2.45) is 11.8 Å². The lowest BCUT2D eigenvalue weighted by Gasteiger charge is -2.47. The summed E-state index contributed by atoms with van der Waals surface area (Å²) in [5.41, 5.74) is 3.93. The number of piperidine rings is 4. The number of aliphatic hydroxyl groups excluding tert-OH is 1. The number of rotatable bonds is 11. The summed E-state index contributed by atoms with van der Waals surface area (Å²) in [5.74, 6) is -3.38. The van der Waals surface area contributed by atoms with E-state index in [1.165, 1.54) is 0 Å². The van der Waals surface area contributed by atoms with Gasteiger partial charge in [-0.05, 0) is 94.0 Å². The number of imide groups is 4. The van der Waals surface area contributed by atoms with E-state index >= 15 is 0 Å². The smallest absolute Gasteiger partial charge is 0.296 e. The molecule has 11 rings (SSSR count). The van der Waals surface area contributed by atoms with Crippen LogP contribution >= 0.6 is 0 Å². The normalized spacial score (nSPS) is 23.9. The zero-order valence-electron chi connectivity index (χ0n) is 40.0. The average molecular weight is 1010 g/mol. The van der Waals surface area contributed by atoms with Crippen LogP contribution in [0.5, 0.6) is 0 Å². The molecule has 8 amide bonds. The maximum absolute atomic E-state index is 13.2. The SMILES string of the molecule is Cc1ccc(S(=O)(=O)OCC2CN(C3CCN(c4ccc5c(c4)C(=O)N(C4CCC(=O)NC4=O)C5=O)CC3)C2)cc1.O=C1CCC(N2C(=O)c3ccc(N4CCC(N5CC(CO)C5)CC4)cc3C2=O)C(=O)N1. The van der Waals surface area contributed by atoms with Gasteiger partial charge in [0.1, 0.15) is 12.1 Å². The third-order valence-corrected chi connectivity index (χ3v) is 16.8. The van der Waals surface area contributed by atoms with Gasteiger partial charge >= 0.3 is 0 Å². The van der Waals surface area contributed by atoms with Gasteiger partial charge in [0.05, 0.1) is 33.8 Å². The molecule has 2 unspecified atom stereocenters. The van der Waals surface area contributed by atoms with Crippen LogP contribution < -0.4 is 20.4 Å². The van der Waals surface area contributed by atoms with E-state index in [0.717, 1.165) is 105 Å². The number of aliphatic hydroxyl groups is 1. The van der Waals surface area contributed by atoms with Crippen molar-refractivity contribution in [1.29, 1.82) is 0 Å². The highest BCUT2D eigenvalue weighted by Crippen LogP contribution is 2.35. The largest absolute Gasteiger partial charge is 0.396 e. The molecule has 8 heterocycles. The molecule has 0 aromatic heterocycles. The van der Waals surface area contributed by atoms with Gasteiger partial charge in [-0.15, -0.1) is 0 Å². The van der Waals surface area contributed by atoms with Crippen LogP contribution in [-0.2, 0) is 33.5 Å². The van der Waals surface area contributed by atoms with Crippen LogP contribution in [-0.4, -0.2) is 170 Å². The Bertz CT molecular complexity index is 2830. The van der Waals surface area contributed by atoms with Crippen LogP contribution in [0.4, 0.5) is 11.4 Å². The minimum atomic E-state index is -3.76. The van der Waals surface area contributed by atoms with Crippen molar-refractivity contribution in [3.8, 4) is 0 Å². The second kappa shape index (κ2) is 19.9. The van der Waals surface area contributed by atoms with Crippen molar-refractivity contribution < 1.29 is 56.1 Å². The standard InChI is InChI=1S/C29H32N4O7S.C22H26N4O5/c1-18-2-5-22(6-3-18)41(38,39)40-17-19-15-32(16-19)20-10-12-31(13-11-20)21-4-7-23-24(14-21)29(37)33(28(23)36)25-8-9-26(34)30-27(25)35;27-12-13-10-25(11-13)14-5-7-24(8-6-14)15-1-2-16-17(9-15)22(31)26(21(16)30)18-3-4-19(28)23-20(18)29/h2-7,14,19-20,25H,8-13,15-17H2,1H3,(H,30,34,35);1-2,9,13-14,18,27H,3-8,10-12H2,(H,23,28,29). The van der Waals surface area contributed by atoms with Crippen LogP contribution in [0.25, 0.3) is 0 Å². The quantitative estimate of drug-likeness (QED) is 0.183. The maximum Gasteiger partial charge on any atom is 0.296 e. The Balaban J connectivity index is 0.000000172. The van der Waals surface area contributed by atoms with E-state index < -0.39 is 63.6 Å². The summed E-state index contributed by atoms with van der Waals surface area (Å²) >= 11 is 0. The summed E-state index contributed by atoms with van der Waals surface area (Å²) in [4.78, 5) is 111. The average Bonchev–Trinajstić information content (AvgIpc) is 3.74. The molecule has 8 aliphatic rings. The lowest BCUT2D eigenvalue weighted by molar-refractivity contribution is -0.137. The van der Waals surface area contributed by atoms with Gasteiger partial charge < -0.3 is 14.9 Å². The predicted octanol–water partition coefficient (Wildman–Crippen LogP) is 1.68. The number of anilines is 2. The summed E-state index contributed by atoms with van der Waals surface area (Å²) in [6.07, 6.45) is 4.35. The van der Waals surface area contributed by atoms with E-state index in [4.69, 9.17) is 4.18 Å².